The molecular formula is C16H13BrClNO3. The molecular weight excluding hydrogens is 370 g/mol. The van der Waals surface area contributed by atoms with Crippen LogP contribution in [0.3, 0.4) is 0 Å². The molecule has 0 heterocycles. The first-order chi connectivity index (χ1) is 10.6. The second-order valence-electron chi connectivity index (χ2n) is 5.08. The number of hydroxylamine groups is 1. The summed E-state index contributed by atoms with van der Waals surface area (Å²) in [5.41, 5.74) is 5.57. The fraction of sp³-hybridized carbons (Fsp3) is 0.188. The molecule has 0 aliphatic heterocycles. The molecule has 1 unspecified atom stereocenters. The number of benzene rings is 2. The second-order valence-corrected chi connectivity index (χ2v) is 6.34. The van der Waals surface area contributed by atoms with E-state index in [1.165, 1.54) is 23.3 Å². The van der Waals surface area contributed by atoms with E-state index in [0.717, 1.165) is 17.3 Å². The van der Waals surface area contributed by atoms with Crippen molar-refractivity contribution < 1.29 is 14.7 Å². The second kappa shape index (κ2) is 6.28. The van der Waals surface area contributed by atoms with Crippen LogP contribution in [0.15, 0.2) is 34.8 Å². The number of phenols is 1. The normalized spacial score (nSPS) is 16.4. The number of fused-ring (bicyclic) bond motifs is 1. The Morgan fingerprint density at radius 2 is 2.23 bits per heavy atom. The number of phenolic OH excluding ortho intramolecular Hbond substituents is 1. The van der Waals surface area contributed by atoms with Crippen LogP contribution in [-0.4, -0.2) is 11.4 Å². The van der Waals surface area contributed by atoms with Crippen molar-refractivity contribution in [3.63, 3.8) is 0 Å². The number of aldehydes is 1. The van der Waals surface area contributed by atoms with Crippen LogP contribution in [-0.2, 0) is 6.42 Å². The van der Waals surface area contributed by atoms with E-state index in [0.29, 0.717) is 6.29 Å². The van der Waals surface area contributed by atoms with Gasteiger partial charge in [0.25, 0.3) is 0 Å². The molecule has 0 bridgehead atoms. The number of aromatic hydroxyl groups is 1. The minimum Gasteiger partial charge on any atom is -0.507 e. The number of hydrogen-bond acceptors (Lipinski definition) is 4. The maximum absolute atomic E-state index is 10.7. The van der Waals surface area contributed by atoms with Crippen molar-refractivity contribution in [1.82, 2.24) is 5.48 Å². The molecule has 0 saturated carbocycles. The summed E-state index contributed by atoms with van der Waals surface area (Å²) in [6, 6.07) is 8.82. The first-order valence-electron chi connectivity index (χ1n) is 6.77. The van der Waals surface area contributed by atoms with E-state index >= 15 is 0 Å². The molecule has 0 radical (unpaired) electrons. The van der Waals surface area contributed by atoms with Crippen LogP contribution in [0.2, 0.25) is 5.02 Å². The smallest absolute Gasteiger partial charge is 0.169 e. The summed E-state index contributed by atoms with van der Waals surface area (Å²) >= 11 is 9.60. The van der Waals surface area contributed by atoms with Crippen molar-refractivity contribution in [2.45, 2.75) is 18.9 Å². The summed E-state index contributed by atoms with van der Waals surface area (Å²) < 4.78 is 1.10. The van der Waals surface area contributed by atoms with Crippen molar-refractivity contribution >= 4 is 33.8 Å². The van der Waals surface area contributed by atoms with E-state index in [1.807, 2.05) is 12.1 Å². The molecule has 2 N–H and O–H groups in total. The van der Waals surface area contributed by atoms with Gasteiger partial charge in [-0.25, -0.2) is 0 Å². The zero-order valence-corrected chi connectivity index (χ0v) is 13.8. The van der Waals surface area contributed by atoms with Crippen molar-refractivity contribution in [2.75, 3.05) is 0 Å². The monoisotopic (exact) mass is 381 g/mol. The van der Waals surface area contributed by atoms with Gasteiger partial charge in [0, 0.05) is 10.5 Å². The highest BCUT2D eigenvalue weighted by Gasteiger charge is 2.24. The summed E-state index contributed by atoms with van der Waals surface area (Å²) in [6.07, 6.45) is 2.41. The summed E-state index contributed by atoms with van der Waals surface area (Å²) in [5.74, 6) is 0.124. The predicted octanol–water partition coefficient (Wildman–Crippen LogP) is 4.19. The third-order valence-corrected chi connectivity index (χ3v) is 4.77. The largest absolute Gasteiger partial charge is 0.507 e. The fourth-order valence-corrected chi connectivity index (χ4v) is 3.39. The molecule has 1 aliphatic carbocycles. The fourth-order valence-electron chi connectivity index (χ4n) is 2.60. The van der Waals surface area contributed by atoms with E-state index in [1.54, 1.807) is 0 Å². The van der Waals surface area contributed by atoms with Gasteiger partial charge in [0.2, 0.25) is 0 Å². The van der Waals surface area contributed by atoms with Gasteiger partial charge in [0.1, 0.15) is 5.75 Å². The standard InChI is InChI=1S/C16H13BrClNO3/c17-12-3-1-2-11-10(12)4-5-14(11)19-22-16-7-15(21)9(8-20)6-13(16)18/h1-3,6-8,14,19,21H,4-5H2. The Balaban J connectivity index is 1.76. The van der Waals surface area contributed by atoms with Crippen LogP contribution >= 0.6 is 27.5 Å². The molecule has 3 rings (SSSR count). The number of carbonyl (C=O) groups is 1. The lowest BCUT2D eigenvalue weighted by Crippen LogP contribution is -2.23. The van der Waals surface area contributed by atoms with Crippen LogP contribution in [0.1, 0.15) is 33.9 Å². The van der Waals surface area contributed by atoms with Gasteiger partial charge in [0.15, 0.2) is 12.0 Å². The molecule has 0 spiro atoms. The summed E-state index contributed by atoms with van der Waals surface area (Å²) in [7, 11) is 0. The topological polar surface area (TPSA) is 58.6 Å². The Kier molecular flexibility index (Phi) is 4.38. The average Bonchev–Trinajstić information content (AvgIpc) is 2.92. The highest BCUT2D eigenvalue weighted by atomic mass is 79.9. The molecule has 0 fully saturated rings. The van der Waals surface area contributed by atoms with Gasteiger partial charge in [-0.1, -0.05) is 39.7 Å². The molecule has 0 saturated heterocycles. The Morgan fingerprint density at radius 3 is 3.00 bits per heavy atom. The molecule has 0 aromatic heterocycles. The number of rotatable bonds is 4. The van der Waals surface area contributed by atoms with Gasteiger partial charge in [-0.05, 0) is 36.1 Å². The Bertz CT molecular complexity index is 736. The summed E-state index contributed by atoms with van der Waals surface area (Å²) in [5, 5.41) is 9.96. The SMILES string of the molecule is O=Cc1cc(Cl)c(ONC2CCc3c(Br)cccc32)cc1O. The predicted molar refractivity (Wildman–Crippen MR) is 87.5 cm³/mol. The summed E-state index contributed by atoms with van der Waals surface area (Å²) in [4.78, 5) is 16.3. The first kappa shape index (κ1) is 15.3. The molecule has 6 heteroatoms. The van der Waals surface area contributed by atoms with E-state index < -0.39 is 0 Å². The van der Waals surface area contributed by atoms with Gasteiger partial charge in [-0.3, -0.25) is 4.79 Å². The minimum absolute atomic E-state index is 0.0523. The maximum atomic E-state index is 10.7. The van der Waals surface area contributed by atoms with Crippen molar-refractivity contribution in [2.24, 2.45) is 0 Å². The lowest BCUT2D eigenvalue weighted by Gasteiger charge is -2.16. The maximum Gasteiger partial charge on any atom is 0.169 e. The number of halogens is 2. The molecule has 2 aromatic rings. The van der Waals surface area contributed by atoms with Crippen LogP contribution in [0, 0.1) is 0 Å². The van der Waals surface area contributed by atoms with E-state index in [-0.39, 0.29) is 28.1 Å². The molecule has 1 atom stereocenters. The summed E-state index contributed by atoms with van der Waals surface area (Å²) in [6.45, 7) is 0. The van der Waals surface area contributed by atoms with Gasteiger partial charge in [-0.15, -0.1) is 5.48 Å². The molecule has 1 aliphatic rings. The van der Waals surface area contributed by atoms with Crippen molar-refractivity contribution in [1.29, 1.82) is 0 Å². The van der Waals surface area contributed by atoms with Gasteiger partial charge >= 0.3 is 0 Å². The average molecular weight is 383 g/mol. The molecule has 4 nitrogen and oxygen atoms in total. The zero-order chi connectivity index (χ0) is 15.7. The van der Waals surface area contributed by atoms with Crippen molar-refractivity contribution in [3.05, 3.63) is 56.5 Å². The van der Waals surface area contributed by atoms with E-state index in [4.69, 9.17) is 16.4 Å². The minimum atomic E-state index is -0.161. The van der Waals surface area contributed by atoms with Gasteiger partial charge in [0.05, 0.1) is 16.6 Å². The third kappa shape index (κ3) is 2.84. The number of hydrogen-bond donors (Lipinski definition) is 2. The highest BCUT2D eigenvalue weighted by molar-refractivity contribution is 9.10. The zero-order valence-electron chi connectivity index (χ0n) is 11.5. The molecule has 114 valence electrons. The van der Waals surface area contributed by atoms with Crippen molar-refractivity contribution in [3.8, 4) is 11.5 Å². The van der Waals surface area contributed by atoms with Crippen LogP contribution in [0.5, 0.6) is 11.5 Å². The molecule has 2 aromatic carbocycles. The quantitative estimate of drug-likeness (QED) is 0.615. The third-order valence-electron chi connectivity index (χ3n) is 3.73. The van der Waals surface area contributed by atoms with E-state index in [9.17, 15) is 9.90 Å². The number of nitrogens with one attached hydrogen (secondary N) is 1. The van der Waals surface area contributed by atoms with Crippen LogP contribution in [0.4, 0.5) is 0 Å². The van der Waals surface area contributed by atoms with Crippen LogP contribution in [0.25, 0.3) is 0 Å². The number of carbonyl (C=O) groups excluding carboxylic acids is 1. The van der Waals surface area contributed by atoms with E-state index in [2.05, 4.69) is 27.5 Å². The lowest BCUT2D eigenvalue weighted by molar-refractivity contribution is 0.112. The Morgan fingerprint density at radius 1 is 1.41 bits per heavy atom. The van der Waals surface area contributed by atoms with Crippen LogP contribution < -0.4 is 10.3 Å². The van der Waals surface area contributed by atoms with Gasteiger partial charge < -0.3 is 9.94 Å². The highest BCUT2D eigenvalue weighted by Crippen LogP contribution is 2.36. The van der Waals surface area contributed by atoms with Gasteiger partial charge in [-0.2, -0.15) is 0 Å². The molecule has 22 heavy (non-hydrogen) atoms. The Labute approximate surface area is 141 Å². The first-order valence-corrected chi connectivity index (χ1v) is 7.94. The Hall–Kier alpha value is -1.56. The molecule has 0 amide bonds. The lowest BCUT2D eigenvalue weighted by atomic mass is 10.1.